The molecule has 1 rings (SSSR count). The van der Waals surface area contributed by atoms with Crippen molar-refractivity contribution < 1.29 is 28.0 Å². The van der Waals surface area contributed by atoms with Gasteiger partial charge in [-0.15, -0.1) is 0 Å². The number of carboxylic acids is 1. The van der Waals surface area contributed by atoms with Gasteiger partial charge in [-0.1, -0.05) is 0 Å². The first-order chi connectivity index (χ1) is 7.82. The quantitative estimate of drug-likeness (QED) is 0.498. The van der Waals surface area contributed by atoms with Gasteiger partial charge in [0.1, 0.15) is 5.69 Å². The van der Waals surface area contributed by atoms with Crippen LogP contribution in [0.4, 0.5) is 18.9 Å². The van der Waals surface area contributed by atoms with Crippen molar-refractivity contribution in [2.24, 2.45) is 0 Å². The number of hydrogen-bond donors (Lipinski definition) is 1. The fourth-order valence-corrected chi connectivity index (χ4v) is 1.11. The summed E-state index contributed by atoms with van der Waals surface area (Å²) in [5.41, 5.74) is -2.88. The monoisotopic (exact) mass is 250 g/mol. The van der Waals surface area contributed by atoms with Crippen LogP contribution in [0.2, 0.25) is 0 Å². The minimum absolute atomic E-state index is 0.297. The Labute approximate surface area is 91.9 Å². The molecule has 0 fully saturated rings. The molecule has 0 radical (unpaired) electrons. The van der Waals surface area contributed by atoms with Crippen molar-refractivity contribution in [3.8, 4) is 0 Å². The first-order valence-corrected chi connectivity index (χ1v) is 4.16. The average molecular weight is 250 g/mol. The average Bonchev–Trinajstić information content (AvgIpc) is 2.15. The number of alkyl halides is 2. The maximum atomic E-state index is 13.0. The molecule has 1 heterocycles. The lowest BCUT2D eigenvalue weighted by molar-refractivity contribution is -0.386. The highest BCUT2D eigenvalue weighted by atomic mass is 19.3. The van der Waals surface area contributed by atoms with Crippen molar-refractivity contribution in [1.29, 1.82) is 0 Å². The molecule has 92 valence electrons. The molecule has 1 aromatic rings. The zero-order valence-corrected chi connectivity index (χ0v) is 8.06. The van der Waals surface area contributed by atoms with Crippen LogP contribution < -0.4 is 0 Å². The Morgan fingerprint density at radius 3 is 2.59 bits per heavy atom. The van der Waals surface area contributed by atoms with E-state index in [2.05, 4.69) is 4.98 Å². The molecule has 9 heteroatoms. The van der Waals surface area contributed by atoms with E-state index in [1.165, 1.54) is 0 Å². The van der Waals surface area contributed by atoms with Gasteiger partial charge in [0.25, 0.3) is 12.1 Å². The van der Waals surface area contributed by atoms with Crippen molar-refractivity contribution >= 4 is 11.7 Å². The Kier molecular flexibility index (Phi) is 3.61. The van der Waals surface area contributed by atoms with Gasteiger partial charge < -0.3 is 5.11 Å². The SMILES string of the molecule is O=C(O)Cc1nc(F)c(C(F)F)cc1[N+](=O)[O-]. The van der Waals surface area contributed by atoms with Crippen LogP contribution in [0.3, 0.4) is 0 Å². The van der Waals surface area contributed by atoms with Crippen LogP contribution in [-0.2, 0) is 11.2 Å². The van der Waals surface area contributed by atoms with Crippen LogP contribution in [0.1, 0.15) is 17.7 Å². The summed E-state index contributed by atoms with van der Waals surface area (Å²) in [7, 11) is 0. The molecular weight excluding hydrogens is 245 g/mol. The van der Waals surface area contributed by atoms with Crippen LogP contribution >= 0.6 is 0 Å². The Morgan fingerprint density at radius 2 is 2.18 bits per heavy atom. The maximum Gasteiger partial charge on any atom is 0.309 e. The van der Waals surface area contributed by atoms with Crippen LogP contribution in [0.15, 0.2) is 6.07 Å². The molecule has 0 aliphatic carbocycles. The minimum Gasteiger partial charge on any atom is -0.481 e. The first kappa shape index (κ1) is 12.9. The number of halogens is 3. The lowest BCUT2D eigenvalue weighted by atomic mass is 10.2. The predicted molar refractivity (Wildman–Crippen MR) is 47.1 cm³/mol. The lowest BCUT2D eigenvalue weighted by Gasteiger charge is -2.04. The van der Waals surface area contributed by atoms with E-state index in [0.29, 0.717) is 6.07 Å². The van der Waals surface area contributed by atoms with E-state index in [9.17, 15) is 28.1 Å². The topological polar surface area (TPSA) is 93.3 Å². The van der Waals surface area contributed by atoms with E-state index >= 15 is 0 Å². The standard InChI is InChI=1S/C8H5F3N2O4/c9-7(10)3-1-5(13(16)17)4(2-6(14)15)12-8(3)11/h1,7H,2H2,(H,14,15). The smallest absolute Gasteiger partial charge is 0.309 e. The summed E-state index contributed by atoms with van der Waals surface area (Å²) < 4.78 is 37.5. The molecule has 0 saturated carbocycles. The minimum atomic E-state index is -3.26. The maximum absolute atomic E-state index is 13.0. The third-order valence-electron chi connectivity index (χ3n) is 1.81. The van der Waals surface area contributed by atoms with Crippen LogP contribution in [0.5, 0.6) is 0 Å². The van der Waals surface area contributed by atoms with Gasteiger partial charge in [-0.3, -0.25) is 14.9 Å². The zero-order chi connectivity index (χ0) is 13.2. The molecule has 0 unspecified atom stereocenters. The van der Waals surface area contributed by atoms with Crippen molar-refractivity contribution in [3.63, 3.8) is 0 Å². The van der Waals surface area contributed by atoms with E-state index in [1.54, 1.807) is 0 Å². The van der Waals surface area contributed by atoms with Gasteiger partial charge in [-0.2, -0.15) is 4.39 Å². The van der Waals surface area contributed by atoms with E-state index in [1.807, 2.05) is 0 Å². The fourth-order valence-electron chi connectivity index (χ4n) is 1.11. The second-order valence-corrected chi connectivity index (χ2v) is 2.96. The number of hydrogen-bond acceptors (Lipinski definition) is 4. The van der Waals surface area contributed by atoms with Gasteiger partial charge in [0, 0.05) is 6.07 Å². The van der Waals surface area contributed by atoms with Crippen molar-refractivity contribution in [3.05, 3.63) is 33.4 Å². The van der Waals surface area contributed by atoms with Gasteiger partial charge in [0.2, 0.25) is 5.95 Å². The molecule has 0 amide bonds. The largest absolute Gasteiger partial charge is 0.481 e. The molecular formula is C8H5F3N2O4. The highest BCUT2D eigenvalue weighted by molar-refractivity contribution is 5.71. The lowest BCUT2D eigenvalue weighted by Crippen LogP contribution is -2.09. The van der Waals surface area contributed by atoms with Gasteiger partial charge in [-0.25, -0.2) is 13.8 Å². The first-order valence-electron chi connectivity index (χ1n) is 4.16. The number of carboxylic acid groups (broad SMARTS) is 1. The second kappa shape index (κ2) is 4.76. The summed E-state index contributed by atoms with van der Waals surface area (Å²) in [6.07, 6.45) is -4.18. The van der Waals surface area contributed by atoms with Gasteiger partial charge >= 0.3 is 5.97 Å². The third-order valence-corrected chi connectivity index (χ3v) is 1.81. The Balaban J connectivity index is 3.35. The number of aliphatic carboxylic acids is 1. The predicted octanol–water partition coefficient (Wildman–Crippen LogP) is 1.69. The molecule has 6 nitrogen and oxygen atoms in total. The van der Waals surface area contributed by atoms with Crippen molar-refractivity contribution in [2.45, 2.75) is 12.8 Å². The molecule has 0 atom stereocenters. The molecule has 0 saturated heterocycles. The normalized spacial score (nSPS) is 10.6. The number of nitro groups is 1. The van der Waals surface area contributed by atoms with Crippen LogP contribution in [0.25, 0.3) is 0 Å². The van der Waals surface area contributed by atoms with E-state index in [4.69, 9.17) is 5.11 Å². The molecule has 0 aliphatic heterocycles. The summed E-state index contributed by atoms with van der Waals surface area (Å²) in [4.78, 5) is 22.6. The van der Waals surface area contributed by atoms with Gasteiger partial charge in [0.15, 0.2) is 0 Å². The summed E-state index contributed by atoms with van der Waals surface area (Å²) in [6, 6.07) is 0.297. The molecule has 0 aliphatic rings. The molecule has 17 heavy (non-hydrogen) atoms. The number of aromatic nitrogens is 1. The Bertz CT molecular complexity index is 478. The second-order valence-electron chi connectivity index (χ2n) is 2.96. The number of carbonyl (C=O) groups is 1. The molecule has 0 aromatic carbocycles. The molecule has 0 bridgehead atoms. The number of nitrogens with zero attached hydrogens (tertiary/aromatic N) is 2. The van der Waals surface area contributed by atoms with Crippen molar-refractivity contribution in [2.75, 3.05) is 0 Å². The third kappa shape index (κ3) is 2.89. The number of pyridine rings is 1. The molecule has 0 spiro atoms. The molecule has 1 aromatic heterocycles. The summed E-state index contributed by atoms with van der Waals surface area (Å²) in [5, 5.41) is 18.9. The highest BCUT2D eigenvalue weighted by Gasteiger charge is 2.25. The van der Waals surface area contributed by atoms with E-state index in [-0.39, 0.29) is 0 Å². The zero-order valence-electron chi connectivity index (χ0n) is 8.06. The Morgan fingerprint density at radius 1 is 1.59 bits per heavy atom. The van der Waals surface area contributed by atoms with Crippen LogP contribution in [0, 0.1) is 16.1 Å². The van der Waals surface area contributed by atoms with E-state index < -0.39 is 46.6 Å². The highest BCUT2D eigenvalue weighted by Crippen LogP contribution is 2.27. The van der Waals surface area contributed by atoms with Gasteiger partial charge in [0.05, 0.1) is 16.9 Å². The fraction of sp³-hybridized carbons (Fsp3) is 0.250. The summed E-state index contributed by atoms with van der Waals surface area (Å²) >= 11 is 0. The van der Waals surface area contributed by atoms with Crippen molar-refractivity contribution in [1.82, 2.24) is 4.98 Å². The molecule has 1 N–H and O–H groups in total. The number of rotatable bonds is 4. The van der Waals surface area contributed by atoms with E-state index in [0.717, 1.165) is 0 Å². The van der Waals surface area contributed by atoms with Crippen LogP contribution in [-0.4, -0.2) is 21.0 Å². The van der Waals surface area contributed by atoms with Gasteiger partial charge in [-0.05, 0) is 0 Å². The summed E-state index contributed by atoms with van der Waals surface area (Å²) in [6.45, 7) is 0. The Hall–Kier alpha value is -2.19. The summed E-state index contributed by atoms with van der Waals surface area (Å²) in [5.74, 6) is -3.09.